The maximum Gasteiger partial charge on any atom is 0.159 e. The first-order valence-electron chi connectivity index (χ1n) is 5.28. The Bertz CT molecular complexity index is 391. The molecule has 16 heavy (non-hydrogen) atoms. The lowest BCUT2D eigenvalue weighted by Crippen LogP contribution is -2.20. The monoisotopic (exact) mass is 226 g/mol. The minimum Gasteiger partial charge on any atom is -0.299 e. The lowest BCUT2D eigenvalue weighted by atomic mass is 9.87. The fourth-order valence-electron chi connectivity index (χ4n) is 1.33. The fraction of sp³-hybridized carbons (Fsp3) is 0.462. The summed E-state index contributed by atoms with van der Waals surface area (Å²) < 4.78 is 25.5. The van der Waals surface area contributed by atoms with Gasteiger partial charge in [0, 0.05) is 11.8 Å². The molecular formula is C13H16F2O. The van der Waals surface area contributed by atoms with E-state index in [4.69, 9.17) is 0 Å². The summed E-state index contributed by atoms with van der Waals surface area (Å²) in [6.07, 6.45) is 0.807. The molecule has 0 radical (unpaired) electrons. The molecule has 0 saturated heterocycles. The van der Waals surface area contributed by atoms with Crippen molar-refractivity contribution in [2.45, 2.75) is 33.6 Å². The first kappa shape index (κ1) is 12.8. The number of Topliss-reactive ketones (excluding diaryl/α,β-unsaturated/α-hetero) is 1. The number of aryl methyl sites for hydroxylation is 1. The number of hydrogen-bond acceptors (Lipinski definition) is 1. The zero-order valence-corrected chi connectivity index (χ0v) is 9.81. The van der Waals surface area contributed by atoms with E-state index in [1.54, 1.807) is 0 Å². The Morgan fingerprint density at radius 3 is 2.31 bits per heavy atom. The van der Waals surface area contributed by atoms with Gasteiger partial charge in [0.15, 0.2) is 11.6 Å². The van der Waals surface area contributed by atoms with Crippen LogP contribution in [0.25, 0.3) is 0 Å². The maximum atomic E-state index is 12.9. The van der Waals surface area contributed by atoms with Gasteiger partial charge in [-0.3, -0.25) is 4.79 Å². The number of carbonyl (C=O) groups excluding carboxylic acids is 1. The van der Waals surface area contributed by atoms with E-state index in [-0.39, 0.29) is 11.2 Å². The topological polar surface area (TPSA) is 17.1 Å². The van der Waals surface area contributed by atoms with Crippen LogP contribution in [0.1, 0.15) is 32.8 Å². The first-order valence-corrected chi connectivity index (χ1v) is 5.28. The van der Waals surface area contributed by atoms with Crippen LogP contribution in [0.3, 0.4) is 0 Å². The predicted molar refractivity (Wildman–Crippen MR) is 59.1 cm³/mol. The Balaban J connectivity index is 2.62. The van der Waals surface area contributed by atoms with Gasteiger partial charge in [-0.15, -0.1) is 0 Å². The second kappa shape index (κ2) is 4.73. The molecule has 0 fully saturated rings. The van der Waals surface area contributed by atoms with Crippen molar-refractivity contribution in [3.63, 3.8) is 0 Å². The summed E-state index contributed by atoms with van der Waals surface area (Å²) in [7, 11) is 0. The number of benzene rings is 1. The third kappa shape index (κ3) is 3.40. The van der Waals surface area contributed by atoms with Crippen LogP contribution < -0.4 is 0 Å². The van der Waals surface area contributed by atoms with E-state index in [1.165, 1.54) is 6.07 Å². The molecule has 3 heteroatoms. The average Bonchev–Trinajstić information content (AvgIpc) is 2.18. The molecule has 0 atom stereocenters. The van der Waals surface area contributed by atoms with Gasteiger partial charge in [-0.05, 0) is 24.1 Å². The van der Waals surface area contributed by atoms with Crippen molar-refractivity contribution in [2.24, 2.45) is 5.41 Å². The number of carbonyl (C=O) groups is 1. The smallest absolute Gasteiger partial charge is 0.159 e. The SMILES string of the molecule is CC(C)(C)C(=O)CCc1ccc(F)c(F)c1. The van der Waals surface area contributed by atoms with Gasteiger partial charge in [0.2, 0.25) is 0 Å². The predicted octanol–water partition coefficient (Wildman–Crippen LogP) is 3.51. The van der Waals surface area contributed by atoms with E-state index >= 15 is 0 Å². The number of rotatable bonds is 3. The Morgan fingerprint density at radius 1 is 1.19 bits per heavy atom. The Labute approximate surface area is 94.5 Å². The zero-order chi connectivity index (χ0) is 12.3. The minimum atomic E-state index is -0.860. The highest BCUT2D eigenvalue weighted by Crippen LogP contribution is 2.19. The van der Waals surface area contributed by atoms with Crippen molar-refractivity contribution in [2.75, 3.05) is 0 Å². The van der Waals surface area contributed by atoms with Gasteiger partial charge in [-0.2, -0.15) is 0 Å². The molecule has 0 heterocycles. The van der Waals surface area contributed by atoms with Crippen molar-refractivity contribution >= 4 is 5.78 Å². The van der Waals surface area contributed by atoms with Crippen LogP contribution in [0.15, 0.2) is 18.2 Å². The number of halogens is 2. The summed E-state index contributed by atoms with van der Waals surface area (Å²) in [6.45, 7) is 5.54. The second-order valence-electron chi connectivity index (χ2n) is 4.92. The molecule has 0 N–H and O–H groups in total. The van der Waals surface area contributed by atoms with Crippen LogP contribution in [-0.2, 0) is 11.2 Å². The van der Waals surface area contributed by atoms with E-state index in [9.17, 15) is 13.6 Å². The first-order chi connectivity index (χ1) is 7.30. The van der Waals surface area contributed by atoms with Crippen molar-refractivity contribution in [3.05, 3.63) is 35.4 Å². The lowest BCUT2D eigenvalue weighted by molar-refractivity contribution is -0.126. The van der Waals surface area contributed by atoms with Crippen molar-refractivity contribution in [1.82, 2.24) is 0 Å². The minimum absolute atomic E-state index is 0.122. The quantitative estimate of drug-likeness (QED) is 0.770. The van der Waals surface area contributed by atoms with E-state index in [2.05, 4.69) is 0 Å². The molecule has 0 spiro atoms. The van der Waals surface area contributed by atoms with Crippen molar-refractivity contribution < 1.29 is 13.6 Å². The molecule has 0 aliphatic heterocycles. The molecule has 1 rings (SSSR count). The van der Waals surface area contributed by atoms with Gasteiger partial charge in [-0.1, -0.05) is 26.8 Å². The van der Waals surface area contributed by atoms with Gasteiger partial charge >= 0.3 is 0 Å². The summed E-state index contributed by atoms with van der Waals surface area (Å²) in [5, 5.41) is 0. The molecule has 0 aromatic heterocycles. The fourth-order valence-corrected chi connectivity index (χ4v) is 1.33. The highest BCUT2D eigenvalue weighted by Gasteiger charge is 2.20. The average molecular weight is 226 g/mol. The highest BCUT2D eigenvalue weighted by atomic mass is 19.2. The molecular weight excluding hydrogens is 210 g/mol. The Kier molecular flexibility index (Phi) is 3.79. The molecule has 1 aromatic rings. The summed E-state index contributed by atoms with van der Waals surface area (Å²) in [5.74, 6) is -1.59. The number of ketones is 1. The van der Waals surface area contributed by atoms with Crippen molar-refractivity contribution in [3.8, 4) is 0 Å². The Morgan fingerprint density at radius 2 is 1.81 bits per heavy atom. The zero-order valence-electron chi connectivity index (χ0n) is 9.81. The van der Waals surface area contributed by atoms with Crippen LogP contribution in [0.2, 0.25) is 0 Å². The highest BCUT2D eigenvalue weighted by molar-refractivity contribution is 5.83. The van der Waals surface area contributed by atoms with Gasteiger partial charge in [0.25, 0.3) is 0 Å². The number of hydrogen-bond donors (Lipinski definition) is 0. The lowest BCUT2D eigenvalue weighted by Gasteiger charge is -2.16. The van der Waals surface area contributed by atoms with Gasteiger partial charge < -0.3 is 0 Å². The van der Waals surface area contributed by atoms with Crippen molar-refractivity contribution in [1.29, 1.82) is 0 Å². The van der Waals surface area contributed by atoms with E-state index < -0.39 is 11.6 Å². The Hall–Kier alpha value is -1.25. The molecule has 0 aliphatic rings. The molecule has 0 unspecified atom stereocenters. The molecule has 0 bridgehead atoms. The van der Waals surface area contributed by atoms with Crippen LogP contribution in [0, 0.1) is 17.0 Å². The maximum absolute atomic E-state index is 12.9. The molecule has 0 aliphatic carbocycles. The molecule has 0 amide bonds. The van der Waals surface area contributed by atoms with E-state index in [1.807, 2.05) is 20.8 Å². The summed E-state index contributed by atoms with van der Waals surface area (Å²) in [4.78, 5) is 11.6. The van der Waals surface area contributed by atoms with Gasteiger partial charge in [0.1, 0.15) is 5.78 Å². The third-order valence-corrected chi connectivity index (χ3v) is 2.46. The molecule has 0 saturated carbocycles. The van der Waals surface area contributed by atoms with Gasteiger partial charge in [0.05, 0.1) is 0 Å². The third-order valence-electron chi connectivity index (χ3n) is 2.46. The molecule has 1 nitrogen and oxygen atoms in total. The van der Waals surface area contributed by atoms with Gasteiger partial charge in [-0.25, -0.2) is 8.78 Å². The van der Waals surface area contributed by atoms with Crippen LogP contribution in [0.5, 0.6) is 0 Å². The van der Waals surface area contributed by atoms with Crippen LogP contribution in [0.4, 0.5) is 8.78 Å². The summed E-state index contributed by atoms with van der Waals surface area (Å²) >= 11 is 0. The normalized spacial score (nSPS) is 11.6. The van der Waals surface area contributed by atoms with Crippen LogP contribution >= 0.6 is 0 Å². The van der Waals surface area contributed by atoms with Crippen LogP contribution in [-0.4, -0.2) is 5.78 Å². The van der Waals surface area contributed by atoms with E-state index in [0.717, 1.165) is 12.1 Å². The largest absolute Gasteiger partial charge is 0.299 e. The summed E-state index contributed by atoms with van der Waals surface area (Å²) in [5.41, 5.74) is 0.273. The molecule has 88 valence electrons. The molecule has 1 aromatic carbocycles. The second-order valence-corrected chi connectivity index (χ2v) is 4.92. The standard InChI is InChI=1S/C13H16F2O/c1-13(2,3)12(16)7-5-9-4-6-10(14)11(15)8-9/h4,6,8H,5,7H2,1-3H3. The summed E-state index contributed by atoms with van der Waals surface area (Å²) in [6, 6.07) is 3.74. The van der Waals surface area contributed by atoms with E-state index in [0.29, 0.717) is 18.4 Å².